The Morgan fingerprint density at radius 1 is 1.10 bits per heavy atom. The predicted molar refractivity (Wildman–Crippen MR) is 119 cm³/mol. The largest absolute Gasteiger partial charge is 0.378 e. The van der Waals surface area contributed by atoms with Crippen molar-refractivity contribution in [1.82, 2.24) is 4.90 Å². The zero-order valence-corrected chi connectivity index (χ0v) is 18.2. The van der Waals surface area contributed by atoms with Crippen molar-refractivity contribution in [3.8, 4) is 0 Å². The number of anilines is 1. The molecule has 1 atom stereocenters. The second kappa shape index (κ2) is 9.01. The lowest BCUT2D eigenvalue weighted by Crippen LogP contribution is -2.39. The van der Waals surface area contributed by atoms with Crippen LogP contribution in [0.2, 0.25) is 5.02 Å². The number of benzene rings is 2. The maximum Gasteiger partial charge on any atom is 0.247 e. The molecule has 0 bridgehead atoms. The van der Waals surface area contributed by atoms with E-state index in [2.05, 4.69) is 0 Å². The highest BCUT2D eigenvalue weighted by atomic mass is 35.5. The predicted octanol–water partition coefficient (Wildman–Crippen LogP) is 3.64. The first-order valence-electron chi connectivity index (χ1n) is 9.44. The van der Waals surface area contributed by atoms with Crippen LogP contribution >= 0.6 is 11.6 Å². The van der Waals surface area contributed by atoms with Gasteiger partial charge in [-0.15, -0.1) is 0 Å². The fourth-order valence-electron chi connectivity index (χ4n) is 3.34. The highest BCUT2D eigenvalue weighted by Crippen LogP contribution is 2.22. The van der Waals surface area contributed by atoms with Crippen LogP contribution in [0.3, 0.4) is 0 Å². The van der Waals surface area contributed by atoms with E-state index in [0.717, 1.165) is 16.8 Å². The van der Waals surface area contributed by atoms with Gasteiger partial charge < -0.3 is 9.80 Å². The van der Waals surface area contributed by atoms with Gasteiger partial charge >= 0.3 is 0 Å². The Hall–Kier alpha value is -2.31. The number of hydrogen-bond acceptors (Lipinski definition) is 4. The summed E-state index contributed by atoms with van der Waals surface area (Å²) < 4.78 is 24.0. The number of nitrogens with zero attached hydrogens (tertiary/aromatic N) is 2. The van der Waals surface area contributed by atoms with Gasteiger partial charge in [-0.2, -0.15) is 0 Å². The quantitative estimate of drug-likeness (QED) is 0.654. The van der Waals surface area contributed by atoms with E-state index in [-0.39, 0.29) is 23.5 Å². The Labute approximate surface area is 177 Å². The molecule has 1 heterocycles. The second-order valence-electron chi connectivity index (χ2n) is 7.47. The molecule has 1 aliphatic rings. The van der Waals surface area contributed by atoms with Crippen molar-refractivity contribution < 1.29 is 13.2 Å². The van der Waals surface area contributed by atoms with Gasteiger partial charge in [0.2, 0.25) is 5.91 Å². The number of halogens is 1. The summed E-state index contributed by atoms with van der Waals surface area (Å²) in [5, 5.41) is 0.632. The molecular weight excluding hydrogens is 408 g/mol. The lowest BCUT2D eigenvalue weighted by molar-refractivity contribution is -0.128. The van der Waals surface area contributed by atoms with Crippen LogP contribution < -0.4 is 4.90 Å². The third kappa shape index (κ3) is 5.84. The van der Waals surface area contributed by atoms with Gasteiger partial charge in [0.1, 0.15) is 0 Å². The first-order chi connectivity index (χ1) is 13.7. The first-order valence-corrected chi connectivity index (χ1v) is 11.6. The summed E-state index contributed by atoms with van der Waals surface area (Å²) >= 11 is 5.90. The molecule has 1 aliphatic heterocycles. The Balaban J connectivity index is 1.80. The molecule has 29 heavy (non-hydrogen) atoms. The molecule has 0 saturated carbocycles. The van der Waals surface area contributed by atoms with Crippen molar-refractivity contribution in [3.05, 3.63) is 70.8 Å². The summed E-state index contributed by atoms with van der Waals surface area (Å²) in [6, 6.07) is 14.8. The molecule has 1 saturated heterocycles. The smallest absolute Gasteiger partial charge is 0.247 e. The Bertz CT molecular complexity index is 984. The normalized spacial score (nSPS) is 18.1. The van der Waals surface area contributed by atoms with Crippen LogP contribution in [0.5, 0.6) is 0 Å². The molecule has 7 heteroatoms. The average molecular weight is 433 g/mol. The molecule has 0 N–H and O–H groups in total. The fraction of sp³-hybridized carbons (Fsp3) is 0.318. The van der Waals surface area contributed by atoms with Gasteiger partial charge in [0.05, 0.1) is 11.5 Å². The number of carbonyl (C=O) groups excluding carboxylic acids is 1. The van der Waals surface area contributed by atoms with Crippen LogP contribution in [-0.4, -0.2) is 50.9 Å². The molecule has 1 amide bonds. The van der Waals surface area contributed by atoms with Gasteiger partial charge in [-0.05, 0) is 47.9 Å². The monoisotopic (exact) mass is 432 g/mol. The van der Waals surface area contributed by atoms with Crippen molar-refractivity contribution in [2.24, 2.45) is 0 Å². The standard InChI is InChI=1S/C22H25ClN2O3S/c1-24(2)20-10-5-18(6-11-20)15-25(21-13-14-29(27,28)16-21)22(26)12-7-17-3-8-19(23)9-4-17/h3-12,21H,13-16H2,1-2H3. The molecule has 1 fully saturated rings. The topological polar surface area (TPSA) is 57.7 Å². The molecule has 5 nitrogen and oxygen atoms in total. The minimum atomic E-state index is -3.10. The van der Waals surface area contributed by atoms with E-state index in [1.165, 1.54) is 6.08 Å². The van der Waals surface area contributed by atoms with Crippen LogP contribution in [0.1, 0.15) is 17.5 Å². The summed E-state index contributed by atoms with van der Waals surface area (Å²) in [6.45, 7) is 0.373. The summed E-state index contributed by atoms with van der Waals surface area (Å²) in [5.74, 6) is -0.0515. The van der Waals surface area contributed by atoms with Crippen molar-refractivity contribution in [2.75, 3.05) is 30.5 Å². The number of carbonyl (C=O) groups is 1. The van der Waals surface area contributed by atoms with Crippen molar-refractivity contribution in [1.29, 1.82) is 0 Å². The summed E-state index contributed by atoms with van der Waals surface area (Å²) in [6.07, 6.45) is 3.70. The molecule has 154 valence electrons. The van der Waals surface area contributed by atoms with E-state index in [4.69, 9.17) is 11.6 Å². The Morgan fingerprint density at radius 3 is 2.31 bits per heavy atom. The van der Waals surface area contributed by atoms with Gasteiger partial charge in [0, 0.05) is 43.5 Å². The third-order valence-electron chi connectivity index (χ3n) is 5.03. The maximum absolute atomic E-state index is 13.0. The van der Waals surface area contributed by atoms with E-state index in [9.17, 15) is 13.2 Å². The minimum Gasteiger partial charge on any atom is -0.378 e. The Kier molecular flexibility index (Phi) is 6.65. The summed E-state index contributed by atoms with van der Waals surface area (Å²) in [5.41, 5.74) is 2.89. The summed E-state index contributed by atoms with van der Waals surface area (Å²) in [7, 11) is 0.841. The second-order valence-corrected chi connectivity index (χ2v) is 10.1. The SMILES string of the molecule is CN(C)c1ccc(CN(C(=O)C=Cc2ccc(Cl)cc2)C2CCS(=O)(=O)C2)cc1. The number of sulfone groups is 1. The van der Waals surface area contributed by atoms with Crippen LogP contribution in [-0.2, 0) is 21.2 Å². The first kappa shape index (κ1) is 21.4. The zero-order valence-electron chi connectivity index (χ0n) is 16.6. The lowest BCUT2D eigenvalue weighted by Gasteiger charge is -2.27. The van der Waals surface area contributed by atoms with Crippen molar-refractivity contribution in [3.63, 3.8) is 0 Å². The van der Waals surface area contributed by atoms with Gasteiger partial charge in [-0.3, -0.25) is 4.79 Å². The maximum atomic E-state index is 13.0. The number of hydrogen-bond donors (Lipinski definition) is 0. The van der Waals surface area contributed by atoms with Crippen molar-refractivity contribution in [2.45, 2.75) is 19.0 Å². The van der Waals surface area contributed by atoms with Gasteiger partial charge in [-0.25, -0.2) is 8.42 Å². The molecule has 2 aromatic carbocycles. The van der Waals surface area contributed by atoms with Crippen LogP contribution in [0.15, 0.2) is 54.6 Å². The lowest BCUT2D eigenvalue weighted by atomic mass is 10.1. The molecule has 2 aromatic rings. The van der Waals surface area contributed by atoms with Gasteiger partial charge in [-0.1, -0.05) is 35.9 Å². The van der Waals surface area contributed by atoms with Gasteiger partial charge in [0.25, 0.3) is 0 Å². The van der Waals surface area contributed by atoms with Crippen molar-refractivity contribution >= 4 is 39.1 Å². The van der Waals surface area contributed by atoms with E-state index >= 15 is 0 Å². The van der Waals surface area contributed by atoms with E-state index in [1.54, 1.807) is 23.1 Å². The van der Waals surface area contributed by atoms with Crippen LogP contribution in [0, 0.1) is 0 Å². The number of rotatable bonds is 6. The van der Waals surface area contributed by atoms with Crippen LogP contribution in [0.25, 0.3) is 6.08 Å². The molecule has 0 aliphatic carbocycles. The number of amides is 1. The molecular formula is C22H25ClN2O3S. The van der Waals surface area contributed by atoms with E-state index < -0.39 is 9.84 Å². The summed E-state index contributed by atoms with van der Waals surface area (Å²) in [4.78, 5) is 16.6. The highest BCUT2D eigenvalue weighted by molar-refractivity contribution is 7.91. The van der Waals surface area contributed by atoms with Gasteiger partial charge in [0.15, 0.2) is 9.84 Å². The molecule has 0 radical (unpaired) electrons. The highest BCUT2D eigenvalue weighted by Gasteiger charge is 2.34. The van der Waals surface area contributed by atoms with E-state index in [0.29, 0.717) is 18.0 Å². The van der Waals surface area contributed by atoms with E-state index in [1.807, 2.05) is 55.4 Å². The molecule has 1 unspecified atom stereocenters. The molecule has 0 aromatic heterocycles. The molecule has 0 spiro atoms. The zero-order chi connectivity index (χ0) is 21.0. The average Bonchev–Trinajstić information content (AvgIpc) is 3.05. The minimum absolute atomic E-state index is 0.0172. The molecule has 3 rings (SSSR count). The fourth-order valence-corrected chi connectivity index (χ4v) is 5.20. The Morgan fingerprint density at radius 2 is 1.76 bits per heavy atom. The van der Waals surface area contributed by atoms with Crippen LogP contribution in [0.4, 0.5) is 5.69 Å². The third-order valence-corrected chi connectivity index (χ3v) is 7.03.